The van der Waals surface area contributed by atoms with Crippen LogP contribution in [0.4, 0.5) is 0 Å². The number of nitrogens with zero attached hydrogens (tertiary/aromatic N) is 2. The summed E-state index contributed by atoms with van der Waals surface area (Å²) in [6.45, 7) is 2.18. The van der Waals surface area contributed by atoms with Crippen LogP contribution in [0.3, 0.4) is 0 Å². The van der Waals surface area contributed by atoms with Gasteiger partial charge in [-0.1, -0.05) is 5.16 Å². The molecule has 0 unspecified atom stereocenters. The molecule has 5 heteroatoms. The van der Waals surface area contributed by atoms with Crippen LogP contribution >= 0.6 is 0 Å². The number of hydrogen-bond acceptors (Lipinski definition) is 4. The molecule has 0 atom stereocenters. The molecule has 12 heavy (non-hydrogen) atoms. The zero-order valence-electron chi connectivity index (χ0n) is 6.82. The molecule has 0 saturated carbocycles. The van der Waals surface area contributed by atoms with Crippen molar-refractivity contribution in [2.24, 2.45) is 0 Å². The molecule has 0 aliphatic rings. The number of aryl methyl sites for hydroxylation is 1. The molecule has 0 bridgehead atoms. The first-order chi connectivity index (χ1) is 5.75. The van der Waals surface area contributed by atoms with Gasteiger partial charge >= 0.3 is 5.76 Å². The zero-order valence-corrected chi connectivity index (χ0v) is 6.82. The minimum absolute atomic E-state index is 0.455. The third kappa shape index (κ3) is 1.81. The molecule has 0 radical (unpaired) electrons. The predicted molar refractivity (Wildman–Crippen MR) is 40.8 cm³/mol. The van der Waals surface area contributed by atoms with Gasteiger partial charge in [-0.15, -0.1) is 0 Å². The Morgan fingerprint density at radius 3 is 2.92 bits per heavy atom. The SMILES string of the molecule is Cc1noc(=O)n1CCCC=O. The summed E-state index contributed by atoms with van der Waals surface area (Å²) < 4.78 is 5.80. The van der Waals surface area contributed by atoms with Gasteiger partial charge < -0.3 is 4.79 Å². The molecular weight excluding hydrogens is 160 g/mol. The monoisotopic (exact) mass is 170 g/mol. The van der Waals surface area contributed by atoms with Gasteiger partial charge in [0.05, 0.1) is 0 Å². The number of unbranched alkanes of at least 4 members (excludes halogenated alkanes) is 1. The maximum Gasteiger partial charge on any atom is 0.441 e. The molecule has 0 N–H and O–H groups in total. The van der Waals surface area contributed by atoms with Crippen LogP contribution in [0.2, 0.25) is 0 Å². The smallest absolute Gasteiger partial charge is 0.303 e. The number of rotatable bonds is 4. The fourth-order valence-corrected chi connectivity index (χ4v) is 0.922. The highest BCUT2D eigenvalue weighted by Gasteiger charge is 2.03. The van der Waals surface area contributed by atoms with Crippen LogP contribution in [-0.2, 0) is 11.3 Å². The minimum Gasteiger partial charge on any atom is -0.303 e. The number of carbonyl (C=O) groups excluding carboxylic acids is 1. The zero-order chi connectivity index (χ0) is 8.97. The molecule has 5 nitrogen and oxygen atoms in total. The van der Waals surface area contributed by atoms with E-state index in [0.29, 0.717) is 25.2 Å². The van der Waals surface area contributed by atoms with Crippen LogP contribution in [0.1, 0.15) is 18.7 Å². The highest BCUT2D eigenvalue weighted by molar-refractivity contribution is 5.48. The van der Waals surface area contributed by atoms with Crippen molar-refractivity contribution in [1.82, 2.24) is 9.72 Å². The minimum atomic E-state index is -0.460. The Kier molecular flexibility index (Phi) is 2.79. The van der Waals surface area contributed by atoms with Crippen molar-refractivity contribution in [1.29, 1.82) is 0 Å². The van der Waals surface area contributed by atoms with Crippen molar-refractivity contribution in [2.75, 3.05) is 0 Å². The van der Waals surface area contributed by atoms with Crippen molar-refractivity contribution in [2.45, 2.75) is 26.3 Å². The van der Waals surface area contributed by atoms with Crippen molar-refractivity contribution >= 4 is 6.29 Å². The van der Waals surface area contributed by atoms with Crippen LogP contribution in [0.15, 0.2) is 9.32 Å². The van der Waals surface area contributed by atoms with E-state index in [1.54, 1.807) is 6.92 Å². The first kappa shape index (κ1) is 8.70. The highest BCUT2D eigenvalue weighted by Crippen LogP contribution is 1.93. The predicted octanol–water partition coefficient (Wildman–Crippen LogP) is 0.124. The lowest BCUT2D eigenvalue weighted by molar-refractivity contribution is -0.107. The molecule has 1 rings (SSSR count). The van der Waals surface area contributed by atoms with Crippen LogP contribution in [0, 0.1) is 6.92 Å². The van der Waals surface area contributed by atoms with Crippen LogP contribution in [0.5, 0.6) is 0 Å². The first-order valence-corrected chi connectivity index (χ1v) is 3.72. The molecule has 0 fully saturated rings. The van der Waals surface area contributed by atoms with Crippen LogP contribution in [0.25, 0.3) is 0 Å². The van der Waals surface area contributed by atoms with E-state index in [0.717, 1.165) is 6.29 Å². The van der Waals surface area contributed by atoms with E-state index in [-0.39, 0.29) is 0 Å². The van der Waals surface area contributed by atoms with Crippen LogP contribution < -0.4 is 5.76 Å². The van der Waals surface area contributed by atoms with Gasteiger partial charge in [0, 0.05) is 13.0 Å². The van der Waals surface area contributed by atoms with Gasteiger partial charge in [0.25, 0.3) is 0 Å². The van der Waals surface area contributed by atoms with E-state index in [2.05, 4.69) is 9.68 Å². The summed E-state index contributed by atoms with van der Waals surface area (Å²) in [6, 6.07) is 0. The third-order valence-electron chi connectivity index (χ3n) is 1.57. The lowest BCUT2D eigenvalue weighted by Crippen LogP contribution is -2.15. The molecule has 1 heterocycles. The van der Waals surface area contributed by atoms with Gasteiger partial charge in [0.1, 0.15) is 6.29 Å². The molecule has 1 aromatic heterocycles. The fraction of sp³-hybridized carbons (Fsp3) is 0.571. The number of aldehydes is 1. The molecule has 0 spiro atoms. The average molecular weight is 170 g/mol. The van der Waals surface area contributed by atoms with Crippen molar-refractivity contribution in [3.8, 4) is 0 Å². The lowest BCUT2D eigenvalue weighted by Gasteiger charge is -1.96. The Hall–Kier alpha value is -1.39. The van der Waals surface area contributed by atoms with Gasteiger partial charge in [0.15, 0.2) is 5.82 Å². The Morgan fingerprint density at radius 1 is 1.67 bits per heavy atom. The third-order valence-corrected chi connectivity index (χ3v) is 1.57. The maximum atomic E-state index is 10.9. The molecular formula is C7H10N2O3. The van der Waals surface area contributed by atoms with Crippen molar-refractivity contribution in [3.05, 3.63) is 16.4 Å². The molecule has 0 aromatic carbocycles. The lowest BCUT2D eigenvalue weighted by atomic mass is 10.3. The molecule has 1 aromatic rings. The van der Waals surface area contributed by atoms with Gasteiger partial charge in [-0.05, 0) is 13.3 Å². The average Bonchev–Trinajstić information content (AvgIpc) is 2.35. The summed E-state index contributed by atoms with van der Waals surface area (Å²) in [4.78, 5) is 20.9. The van der Waals surface area contributed by atoms with E-state index < -0.39 is 5.76 Å². The van der Waals surface area contributed by atoms with E-state index in [4.69, 9.17) is 0 Å². The Balaban J connectivity index is 2.61. The number of aromatic nitrogens is 2. The summed E-state index contributed by atoms with van der Waals surface area (Å²) in [5, 5.41) is 3.48. The highest BCUT2D eigenvalue weighted by atomic mass is 16.5. The summed E-state index contributed by atoms with van der Waals surface area (Å²) in [7, 11) is 0. The van der Waals surface area contributed by atoms with E-state index in [1.807, 2.05) is 0 Å². The Bertz CT molecular complexity index is 313. The van der Waals surface area contributed by atoms with E-state index in [9.17, 15) is 9.59 Å². The van der Waals surface area contributed by atoms with Crippen molar-refractivity contribution < 1.29 is 9.32 Å². The molecule has 0 aliphatic heterocycles. The Labute approximate surface area is 69.0 Å². The second-order valence-corrected chi connectivity index (χ2v) is 2.46. The van der Waals surface area contributed by atoms with Gasteiger partial charge in [0.2, 0.25) is 0 Å². The second-order valence-electron chi connectivity index (χ2n) is 2.46. The topological polar surface area (TPSA) is 65.1 Å². The molecule has 0 amide bonds. The standard InChI is InChI=1S/C7H10N2O3/c1-6-8-12-7(11)9(6)4-2-3-5-10/h5H,2-4H2,1H3. The summed E-state index contributed by atoms with van der Waals surface area (Å²) in [5.41, 5.74) is 0. The van der Waals surface area contributed by atoms with E-state index >= 15 is 0 Å². The van der Waals surface area contributed by atoms with Crippen molar-refractivity contribution in [3.63, 3.8) is 0 Å². The first-order valence-electron chi connectivity index (χ1n) is 3.72. The summed E-state index contributed by atoms with van der Waals surface area (Å²) in [6.07, 6.45) is 1.93. The second kappa shape index (κ2) is 3.85. The largest absolute Gasteiger partial charge is 0.441 e. The Morgan fingerprint density at radius 2 is 2.42 bits per heavy atom. The van der Waals surface area contributed by atoms with Gasteiger partial charge in [-0.3, -0.25) is 9.09 Å². The van der Waals surface area contributed by atoms with E-state index in [1.165, 1.54) is 4.57 Å². The maximum absolute atomic E-state index is 10.9. The van der Waals surface area contributed by atoms with Gasteiger partial charge in [-0.25, -0.2) is 4.79 Å². The van der Waals surface area contributed by atoms with Crippen LogP contribution in [-0.4, -0.2) is 16.0 Å². The number of hydrogen-bond donors (Lipinski definition) is 0. The normalized spacial score (nSPS) is 10.1. The van der Waals surface area contributed by atoms with Gasteiger partial charge in [-0.2, -0.15) is 0 Å². The quantitative estimate of drug-likeness (QED) is 0.475. The number of carbonyl (C=O) groups is 1. The molecule has 0 saturated heterocycles. The molecule has 66 valence electrons. The molecule has 0 aliphatic carbocycles. The summed E-state index contributed by atoms with van der Waals surface area (Å²) >= 11 is 0. The fourth-order valence-electron chi connectivity index (χ4n) is 0.922. The summed E-state index contributed by atoms with van der Waals surface area (Å²) in [5.74, 6) is 0.0873.